The van der Waals surface area contributed by atoms with Crippen molar-refractivity contribution in [2.24, 2.45) is 5.73 Å². The third kappa shape index (κ3) is 2.51. The van der Waals surface area contributed by atoms with Crippen LogP contribution in [-0.4, -0.2) is 22.8 Å². The van der Waals surface area contributed by atoms with Crippen LogP contribution in [0.1, 0.15) is 65.7 Å². The second kappa shape index (κ2) is 5.04. The van der Waals surface area contributed by atoms with E-state index < -0.39 is 11.2 Å². The standard InChI is InChI=1S/C14H27N3O2/c1-4-13(9-7-6-8-10-13)19-11(18)14(15,5-2)12(3)16-17-12/h16-17H,4-10,15H2,1-3H3. The first-order valence-corrected chi connectivity index (χ1v) is 7.48. The average Bonchev–Trinajstić information content (AvgIpc) is 3.18. The molecule has 2 aliphatic rings. The maximum Gasteiger partial charge on any atom is 0.330 e. The molecule has 110 valence electrons. The molecule has 0 radical (unpaired) electrons. The quantitative estimate of drug-likeness (QED) is 0.520. The number of carbonyl (C=O) groups excluding carboxylic acids is 1. The number of ether oxygens (including phenoxy) is 1. The molecule has 1 atom stereocenters. The number of rotatable bonds is 5. The molecule has 0 spiro atoms. The van der Waals surface area contributed by atoms with Gasteiger partial charge in [0.05, 0.1) is 0 Å². The van der Waals surface area contributed by atoms with E-state index in [0.29, 0.717) is 6.42 Å². The van der Waals surface area contributed by atoms with Gasteiger partial charge in [-0.25, -0.2) is 15.6 Å². The first kappa shape index (κ1) is 14.8. The van der Waals surface area contributed by atoms with Crippen molar-refractivity contribution in [2.45, 2.75) is 82.5 Å². The van der Waals surface area contributed by atoms with Gasteiger partial charge in [-0.3, -0.25) is 0 Å². The average molecular weight is 269 g/mol. The molecule has 0 bridgehead atoms. The van der Waals surface area contributed by atoms with Crippen LogP contribution >= 0.6 is 0 Å². The van der Waals surface area contributed by atoms with Crippen LogP contribution in [0.5, 0.6) is 0 Å². The molecule has 1 heterocycles. The number of nitrogens with one attached hydrogen (secondary N) is 2. The van der Waals surface area contributed by atoms with Crippen molar-refractivity contribution in [3.8, 4) is 0 Å². The van der Waals surface area contributed by atoms with Crippen LogP contribution in [0.2, 0.25) is 0 Å². The van der Waals surface area contributed by atoms with Crippen molar-refractivity contribution >= 4 is 5.97 Å². The molecular weight excluding hydrogens is 242 g/mol. The predicted molar refractivity (Wildman–Crippen MR) is 74.1 cm³/mol. The molecule has 4 N–H and O–H groups in total. The second-order valence-electron chi connectivity index (χ2n) is 6.19. The van der Waals surface area contributed by atoms with Crippen LogP contribution < -0.4 is 16.6 Å². The summed E-state index contributed by atoms with van der Waals surface area (Å²) in [6.45, 7) is 5.92. The molecule has 2 rings (SSSR count). The van der Waals surface area contributed by atoms with Crippen molar-refractivity contribution in [3.63, 3.8) is 0 Å². The van der Waals surface area contributed by atoms with E-state index in [2.05, 4.69) is 17.8 Å². The Hall–Kier alpha value is -0.650. The summed E-state index contributed by atoms with van der Waals surface area (Å²) in [5.74, 6) is -0.279. The van der Waals surface area contributed by atoms with Gasteiger partial charge in [-0.2, -0.15) is 0 Å². The summed E-state index contributed by atoms with van der Waals surface area (Å²) in [5.41, 5.74) is 10.4. The zero-order valence-corrected chi connectivity index (χ0v) is 12.3. The van der Waals surface area contributed by atoms with Crippen molar-refractivity contribution in [3.05, 3.63) is 0 Å². The van der Waals surface area contributed by atoms with Gasteiger partial charge < -0.3 is 10.5 Å². The van der Waals surface area contributed by atoms with Gasteiger partial charge in [-0.1, -0.05) is 20.3 Å². The van der Waals surface area contributed by atoms with E-state index in [9.17, 15) is 4.79 Å². The summed E-state index contributed by atoms with van der Waals surface area (Å²) < 4.78 is 5.91. The summed E-state index contributed by atoms with van der Waals surface area (Å²) in [4.78, 5) is 12.6. The highest BCUT2D eigenvalue weighted by Gasteiger charge is 2.59. The van der Waals surface area contributed by atoms with E-state index in [4.69, 9.17) is 10.5 Å². The fraction of sp³-hybridized carbons (Fsp3) is 0.929. The van der Waals surface area contributed by atoms with E-state index in [1.807, 2.05) is 13.8 Å². The van der Waals surface area contributed by atoms with Crippen molar-refractivity contribution < 1.29 is 9.53 Å². The zero-order chi connectivity index (χ0) is 14.1. The van der Waals surface area contributed by atoms with Crippen LogP contribution in [0.3, 0.4) is 0 Å². The minimum Gasteiger partial charge on any atom is -0.458 e. The normalized spacial score (nSPS) is 27.4. The van der Waals surface area contributed by atoms with Crippen molar-refractivity contribution in [2.75, 3.05) is 0 Å². The summed E-state index contributed by atoms with van der Waals surface area (Å²) in [6.07, 6.45) is 6.86. The van der Waals surface area contributed by atoms with Crippen molar-refractivity contribution in [1.82, 2.24) is 10.9 Å². The van der Waals surface area contributed by atoms with Gasteiger partial charge in [0, 0.05) is 0 Å². The van der Waals surface area contributed by atoms with Gasteiger partial charge in [-0.15, -0.1) is 0 Å². The Morgan fingerprint density at radius 3 is 2.26 bits per heavy atom. The summed E-state index contributed by atoms with van der Waals surface area (Å²) >= 11 is 0. The van der Waals surface area contributed by atoms with Crippen LogP contribution in [0.15, 0.2) is 0 Å². The van der Waals surface area contributed by atoms with Gasteiger partial charge in [0.1, 0.15) is 16.8 Å². The monoisotopic (exact) mass is 269 g/mol. The molecule has 0 aromatic heterocycles. The Morgan fingerprint density at radius 2 is 1.84 bits per heavy atom. The lowest BCUT2D eigenvalue weighted by atomic mass is 9.81. The molecule has 1 saturated heterocycles. The molecule has 1 aliphatic heterocycles. The Balaban J connectivity index is 2.10. The number of carbonyl (C=O) groups is 1. The SMILES string of the molecule is CCC1(OC(=O)C(N)(CC)C2(C)NN2)CCCCC1. The van der Waals surface area contributed by atoms with E-state index in [1.54, 1.807) is 0 Å². The minimum absolute atomic E-state index is 0.279. The third-order valence-electron chi connectivity index (χ3n) is 5.03. The second-order valence-corrected chi connectivity index (χ2v) is 6.19. The fourth-order valence-corrected chi connectivity index (χ4v) is 3.03. The first-order chi connectivity index (χ1) is 8.91. The van der Waals surface area contributed by atoms with E-state index in [0.717, 1.165) is 32.1 Å². The molecule has 1 aliphatic carbocycles. The first-order valence-electron chi connectivity index (χ1n) is 7.48. The Kier molecular flexibility index (Phi) is 3.91. The number of esters is 1. The van der Waals surface area contributed by atoms with E-state index in [-0.39, 0.29) is 11.6 Å². The van der Waals surface area contributed by atoms with E-state index in [1.165, 1.54) is 6.42 Å². The number of hydrogen-bond acceptors (Lipinski definition) is 5. The Labute approximate surface area is 115 Å². The molecule has 0 aromatic rings. The molecular formula is C14H27N3O2. The Morgan fingerprint density at radius 1 is 1.26 bits per heavy atom. The smallest absolute Gasteiger partial charge is 0.330 e. The maximum atomic E-state index is 12.6. The van der Waals surface area contributed by atoms with E-state index >= 15 is 0 Å². The summed E-state index contributed by atoms with van der Waals surface area (Å²) in [6, 6.07) is 0. The topological polar surface area (TPSA) is 96.2 Å². The highest BCUT2D eigenvalue weighted by atomic mass is 16.6. The van der Waals surface area contributed by atoms with Gasteiger partial charge in [0.25, 0.3) is 0 Å². The third-order valence-corrected chi connectivity index (χ3v) is 5.03. The molecule has 0 amide bonds. The molecule has 2 fully saturated rings. The van der Waals surface area contributed by atoms with Crippen LogP contribution in [-0.2, 0) is 9.53 Å². The molecule has 19 heavy (non-hydrogen) atoms. The lowest BCUT2D eigenvalue weighted by Crippen LogP contribution is -2.62. The van der Waals surface area contributed by atoms with Crippen LogP contribution in [0, 0.1) is 0 Å². The van der Waals surface area contributed by atoms with Gasteiger partial charge in [-0.05, 0) is 45.4 Å². The van der Waals surface area contributed by atoms with Gasteiger partial charge in [0.2, 0.25) is 0 Å². The zero-order valence-electron chi connectivity index (χ0n) is 12.3. The molecule has 1 saturated carbocycles. The van der Waals surface area contributed by atoms with Gasteiger partial charge >= 0.3 is 5.97 Å². The number of hydrogen-bond donors (Lipinski definition) is 3. The highest BCUT2D eigenvalue weighted by Crippen LogP contribution is 2.37. The maximum absolute atomic E-state index is 12.6. The minimum atomic E-state index is -1.01. The van der Waals surface area contributed by atoms with Crippen molar-refractivity contribution in [1.29, 1.82) is 0 Å². The largest absolute Gasteiger partial charge is 0.458 e. The molecule has 1 unspecified atom stereocenters. The van der Waals surface area contributed by atoms with Crippen LogP contribution in [0.4, 0.5) is 0 Å². The summed E-state index contributed by atoms with van der Waals surface area (Å²) in [5, 5.41) is 0. The number of hydrazine groups is 1. The molecule has 5 nitrogen and oxygen atoms in total. The summed E-state index contributed by atoms with van der Waals surface area (Å²) in [7, 11) is 0. The number of nitrogens with two attached hydrogens (primary N) is 1. The predicted octanol–water partition coefficient (Wildman–Crippen LogP) is 1.57. The Bertz CT molecular complexity index is 349. The lowest BCUT2D eigenvalue weighted by Gasteiger charge is -2.40. The lowest BCUT2D eigenvalue weighted by molar-refractivity contribution is -0.172. The molecule has 5 heteroatoms. The fourth-order valence-electron chi connectivity index (χ4n) is 3.03. The molecule has 0 aromatic carbocycles. The van der Waals surface area contributed by atoms with Crippen LogP contribution in [0.25, 0.3) is 0 Å². The highest BCUT2D eigenvalue weighted by molar-refractivity contribution is 5.83. The van der Waals surface area contributed by atoms with Gasteiger partial charge in [0.15, 0.2) is 0 Å².